The van der Waals surface area contributed by atoms with Gasteiger partial charge in [0.15, 0.2) is 16.3 Å². The van der Waals surface area contributed by atoms with Crippen molar-refractivity contribution in [1.82, 2.24) is 0 Å². The highest BCUT2D eigenvalue weighted by Crippen LogP contribution is 2.24. The molecule has 0 amide bonds. The number of rotatable bonds is 7. The van der Waals surface area contributed by atoms with Crippen molar-refractivity contribution in [2.75, 3.05) is 13.3 Å². The van der Waals surface area contributed by atoms with Gasteiger partial charge in [0.05, 0.1) is 32.8 Å². The van der Waals surface area contributed by atoms with Crippen LogP contribution in [0.25, 0.3) is 66.3 Å². The zero-order valence-corrected chi connectivity index (χ0v) is 38.0. The summed E-state index contributed by atoms with van der Waals surface area (Å²) < 4.78 is 16.9. The van der Waals surface area contributed by atoms with Crippen LogP contribution in [0, 0.1) is 13.8 Å². The normalized spacial score (nSPS) is 11.3. The Hall–Kier alpha value is -5.76. The lowest BCUT2D eigenvalue weighted by Gasteiger charge is -2.05. The molecule has 0 N–H and O–H groups in total. The first kappa shape index (κ1) is 43.3. The lowest BCUT2D eigenvalue weighted by molar-refractivity contribution is 0.604. The minimum absolute atomic E-state index is 0.0184. The highest BCUT2D eigenvalue weighted by molar-refractivity contribution is 7.46. The Morgan fingerprint density at radius 3 is 1.21 bits per heavy atom. The van der Waals surface area contributed by atoms with E-state index in [1.165, 1.54) is 27.3 Å². The van der Waals surface area contributed by atoms with Gasteiger partial charge in [-0.05, 0) is 120 Å². The molecule has 306 valence electrons. The van der Waals surface area contributed by atoms with E-state index in [0.717, 1.165) is 34.8 Å². The third kappa shape index (κ3) is 9.91. The first-order valence-electron chi connectivity index (χ1n) is 20.0. The molecule has 9 rings (SSSR count). The highest BCUT2D eigenvalue weighted by atomic mass is 31.1. The summed E-state index contributed by atoms with van der Waals surface area (Å²) in [6.45, 7) is 10.3. The molecule has 0 aliphatic rings. The van der Waals surface area contributed by atoms with Gasteiger partial charge in [-0.25, -0.2) is 0 Å². The number of aryl methyl sites for hydroxylation is 3. The van der Waals surface area contributed by atoms with Crippen molar-refractivity contribution in [3.05, 3.63) is 199 Å². The van der Waals surface area contributed by atoms with Gasteiger partial charge in [0, 0.05) is 0 Å². The van der Waals surface area contributed by atoms with Crippen LogP contribution in [0.1, 0.15) is 29.2 Å². The molecule has 0 aliphatic carbocycles. The SMILES string of the molecule is CCc1ccc(-c2coc3cc(PC)ccc3c2=O)cc1.CPc1ccc2c(=O)c(-c3ccc(C)cc3)coc2c1.Cc1ccc2c(=O)c(-c3ccc(CP)cc3)coc2c1. The van der Waals surface area contributed by atoms with E-state index in [9.17, 15) is 14.4 Å². The van der Waals surface area contributed by atoms with Crippen molar-refractivity contribution in [2.24, 2.45) is 0 Å². The topological polar surface area (TPSA) is 90.6 Å². The van der Waals surface area contributed by atoms with E-state index in [2.05, 4.69) is 41.6 Å². The van der Waals surface area contributed by atoms with Crippen molar-refractivity contribution in [1.29, 1.82) is 0 Å². The Kier molecular flexibility index (Phi) is 14.0. The predicted octanol–water partition coefficient (Wildman–Crippen LogP) is 11.8. The standard InChI is InChI=1S/C18H17O2P.2C17H15O2P/c1-3-12-4-6-13(7-5-12)16-11-20-17-10-14(21-2)8-9-15(17)18(16)19;1-11-3-5-12(6-4-11)15-10-19-16-9-13(20-2)7-8-14(16)17(15)18;1-11-2-7-14-16(8-11)19-9-15(17(14)18)13-5-3-12(10-20)4-6-13/h4-11,21H,3H2,1-2H3;3-10,20H,1-2H3;2-9H,10,20H2,1H3. The molecule has 0 radical (unpaired) electrons. The van der Waals surface area contributed by atoms with Gasteiger partial charge in [0.2, 0.25) is 0 Å². The molecule has 9 heteroatoms. The van der Waals surface area contributed by atoms with E-state index in [1.807, 2.05) is 129 Å². The van der Waals surface area contributed by atoms with Crippen molar-refractivity contribution in [3.8, 4) is 33.4 Å². The predicted molar refractivity (Wildman–Crippen MR) is 264 cm³/mol. The largest absolute Gasteiger partial charge is 0.463 e. The maximum Gasteiger partial charge on any atom is 0.200 e. The zero-order chi connectivity index (χ0) is 43.0. The Balaban J connectivity index is 0.000000138. The molecular formula is C52H47O6P3. The van der Waals surface area contributed by atoms with Crippen LogP contribution in [0.3, 0.4) is 0 Å². The van der Waals surface area contributed by atoms with Crippen molar-refractivity contribution < 1.29 is 13.3 Å². The number of hydrogen-bond acceptors (Lipinski definition) is 6. The summed E-state index contributed by atoms with van der Waals surface area (Å²) in [4.78, 5) is 37.7. The molecule has 0 bridgehead atoms. The fourth-order valence-electron chi connectivity index (χ4n) is 6.87. The van der Waals surface area contributed by atoms with Crippen LogP contribution in [0.5, 0.6) is 0 Å². The molecule has 0 aliphatic heterocycles. The molecular weight excluding hydrogens is 813 g/mol. The van der Waals surface area contributed by atoms with Gasteiger partial charge >= 0.3 is 0 Å². The lowest BCUT2D eigenvalue weighted by Crippen LogP contribution is -2.06. The van der Waals surface area contributed by atoms with E-state index in [1.54, 1.807) is 18.8 Å². The van der Waals surface area contributed by atoms with Crippen LogP contribution < -0.4 is 26.9 Å². The third-order valence-corrected chi connectivity index (χ3v) is 12.8. The average Bonchev–Trinajstić information content (AvgIpc) is 3.30. The first-order valence-corrected chi connectivity index (χ1v) is 23.9. The van der Waals surface area contributed by atoms with Crippen molar-refractivity contribution in [2.45, 2.75) is 33.4 Å². The van der Waals surface area contributed by atoms with Crippen LogP contribution in [-0.2, 0) is 12.6 Å². The van der Waals surface area contributed by atoms with Gasteiger partial charge in [-0.1, -0.05) is 121 Å². The second kappa shape index (κ2) is 19.7. The number of fused-ring (bicyclic) bond motifs is 3. The summed E-state index contributed by atoms with van der Waals surface area (Å²) in [5.41, 5.74) is 11.3. The molecule has 6 nitrogen and oxygen atoms in total. The summed E-state index contributed by atoms with van der Waals surface area (Å²) >= 11 is 0. The smallest absolute Gasteiger partial charge is 0.200 e. The second-order valence-corrected chi connectivity index (χ2v) is 17.2. The minimum atomic E-state index is 0.0184. The molecule has 9 aromatic rings. The fourth-order valence-corrected chi connectivity index (χ4v) is 8.20. The average molecular weight is 861 g/mol. The lowest BCUT2D eigenvalue weighted by atomic mass is 10.0. The summed E-state index contributed by atoms with van der Waals surface area (Å²) in [5, 5.41) is 4.32. The summed E-state index contributed by atoms with van der Waals surface area (Å²) in [6.07, 6.45) is 6.60. The molecule has 61 heavy (non-hydrogen) atoms. The van der Waals surface area contributed by atoms with Gasteiger partial charge in [-0.2, -0.15) is 0 Å². The number of hydrogen-bond donors (Lipinski definition) is 0. The van der Waals surface area contributed by atoms with Gasteiger partial charge in [-0.3, -0.25) is 14.4 Å². The zero-order valence-electron chi connectivity index (χ0n) is 34.8. The molecule has 0 saturated carbocycles. The van der Waals surface area contributed by atoms with Crippen LogP contribution in [0.15, 0.2) is 174 Å². The molecule has 3 unspecified atom stereocenters. The molecule has 0 fully saturated rings. The van der Waals surface area contributed by atoms with E-state index < -0.39 is 0 Å². The Morgan fingerprint density at radius 2 is 0.820 bits per heavy atom. The summed E-state index contributed by atoms with van der Waals surface area (Å²) in [5.74, 6) is 0. The van der Waals surface area contributed by atoms with Crippen LogP contribution >= 0.6 is 26.4 Å². The van der Waals surface area contributed by atoms with Crippen LogP contribution in [0.4, 0.5) is 0 Å². The molecule has 0 saturated heterocycles. The minimum Gasteiger partial charge on any atom is -0.463 e. The number of benzene rings is 6. The van der Waals surface area contributed by atoms with Gasteiger partial charge in [0.1, 0.15) is 35.5 Å². The monoisotopic (exact) mass is 860 g/mol. The van der Waals surface area contributed by atoms with E-state index >= 15 is 0 Å². The molecule has 6 aromatic carbocycles. The van der Waals surface area contributed by atoms with E-state index in [-0.39, 0.29) is 16.3 Å². The summed E-state index contributed by atoms with van der Waals surface area (Å²) in [7, 11) is 4.08. The molecule has 3 heterocycles. The Labute approximate surface area is 360 Å². The quantitative estimate of drug-likeness (QED) is 0.148. The van der Waals surface area contributed by atoms with E-state index in [4.69, 9.17) is 13.3 Å². The Morgan fingerprint density at radius 1 is 0.459 bits per heavy atom. The third-order valence-electron chi connectivity index (χ3n) is 10.6. The van der Waals surface area contributed by atoms with Crippen molar-refractivity contribution >= 4 is 69.9 Å². The maximum atomic E-state index is 12.6. The summed E-state index contributed by atoms with van der Waals surface area (Å²) in [6, 6.07) is 41.3. The first-order chi connectivity index (χ1) is 29.6. The maximum absolute atomic E-state index is 12.6. The van der Waals surface area contributed by atoms with E-state index in [0.29, 0.717) is 66.8 Å². The van der Waals surface area contributed by atoms with Crippen LogP contribution in [0.2, 0.25) is 0 Å². The fraction of sp³-hybridized carbons (Fsp3) is 0.135. The highest BCUT2D eigenvalue weighted by Gasteiger charge is 2.12. The molecule has 3 aromatic heterocycles. The van der Waals surface area contributed by atoms with Gasteiger partial charge < -0.3 is 13.3 Å². The molecule has 3 atom stereocenters. The van der Waals surface area contributed by atoms with Gasteiger partial charge in [0.25, 0.3) is 0 Å². The Bertz CT molecular complexity index is 3150. The van der Waals surface area contributed by atoms with Crippen molar-refractivity contribution in [3.63, 3.8) is 0 Å². The van der Waals surface area contributed by atoms with Gasteiger partial charge in [-0.15, -0.1) is 9.24 Å². The second-order valence-electron chi connectivity index (χ2n) is 14.7. The molecule has 0 spiro atoms. The van der Waals surface area contributed by atoms with Crippen LogP contribution in [-0.4, -0.2) is 13.3 Å².